The Balaban J connectivity index is 1.76. The van der Waals surface area contributed by atoms with E-state index in [1.54, 1.807) is 16.7 Å². The van der Waals surface area contributed by atoms with E-state index in [0.29, 0.717) is 38.3 Å². The topological polar surface area (TPSA) is 62.7 Å². The summed E-state index contributed by atoms with van der Waals surface area (Å²) in [5.74, 6) is -0.0306. The monoisotopic (exact) mass is 341 g/mol. The second-order valence-corrected chi connectivity index (χ2v) is 6.30. The van der Waals surface area contributed by atoms with E-state index < -0.39 is 0 Å². The number of piperazine rings is 1. The van der Waals surface area contributed by atoms with Crippen LogP contribution in [0.4, 0.5) is 4.79 Å². The van der Waals surface area contributed by atoms with Crippen LogP contribution in [0.25, 0.3) is 10.9 Å². The van der Waals surface area contributed by atoms with Crippen molar-refractivity contribution in [1.82, 2.24) is 14.8 Å². The Hall–Kier alpha value is -2.63. The Morgan fingerprint density at radius 3 is 2.44 bits per heavy atom. The van der Waals surface area contributed by atoms with Crippen LogP contribution in [0.15, 0.2) is 24.3 Å². The molecule has 0 spiro atoms. The van der Waals surface area contributed by atoms with Crippen molar-refractivity contribution in [1.29, 1.82) is 0 Å². The molecule has 0 N–H and O–H groups in total. The second kappa shape index (κ2) is 7.09. The average Bonchev–Trinajstić information content (AvgIpc) is 2.61. The third-order valence-electron chi connectivity index (χ3n) is 4.48. The quantitative estimate of drug-likeness (QED) is 0.843. The highest BCUT2D eigenvalue weighted by atomic mass is 16.6. The number of aryl methyl sites for hydroxylation is 2. The Morgan fingerprint density at radius 2 is 1.76 bits per heavy atom. The summed E-state index contributed by atoms with van der Waals surface area (Å²) in [6.07, 6.45) is -0.311. The number of ether oxygens (including phenoxy) is 1. The maximum Gasteiger partial charge on any atom is 0.409 e. The van der Waals surface area contributed by atoms with Gasteiger partial charge in [0.25, 0.3) is 5.91 Å². The minimum Gasteiger partial charge on any atom is -0.450 e. The van der Waals surface area contributed by atoms with Crippen LogP contribution in [0.3, 0.4) is 0 Å². The highest BCUT2D eigenvalue weighted by molar-refractivity contribution is 5.98. The summed E-state index contributed by atoms with van der Waals surface area (Å²) in [7, 11) is 0. The lowest BCUT2D eigenvalue weighted by Crippen LogP contribution is -2.50. The average molecular weight is 341 g/mol. The molecule has 1 aliphatic heterocycles. The molecule has 1 fully saturated rings. The van der Waals surface area contributed by atoms with Gasteiger partial charge < -0.3 is 14.5 Å². The number of aromatic nitrogens is 1. The zero-order valence-corrected chi connectivity index (χ0v) is 14.9. The zero-order chi connectivity index (χ0) is 18.0. The van der Waals surface area contributed by atoms with Crippen LogP contribution in [0, 0.1) is 13.8 Å². The number of carbonyl (C=O) groups is 2. The van der Waals surface area contributed by atoms with E-state index in [0.717, 1.165) is 22.2 Å². The predicted octanol–water partition coefficient (Wildman–Crippen LogP) is 2.77. The molecule has 0 saturated carbocycles. The predicted molar refractivity (Wildman–Crippen MR) is 95.7 cm³/mol. The molecule has 1 aromatic carbocycles. The molecule has 0 radical (unpaired) electrons. The van der Waals surface area contributed by atoms with Gasteiger partial charge in [-0.3, -0.25) is 9.78 Å². The standard InChI is InChI=1S/C19H23N3O3/c1-4-25-19(24)22-9-7-21(8-10-22)18(23)16-12-15-11-13(2)5-6-17(15)20-14(16)3/h5-6,11-12H,4,7-10H2,1-3H3. The van der Waals surface area contributed by atoms with Crippen LogP contribution in [-0.2, 0) is 4.74 Å². The normalized spacial score (nSPS) is 14.7. The number of rotatable bonds is 2. The number of carbonyl (C=O) groups excluding carboxylic acids is 2. The van der Waals surface area contributed by atoms with Crippen molar-refractivity contribution in [3.63, 3.8) is 0 Å². The van der Waals surface area contributed by atoms with Gasteiger partial charge in [-0.25, -0.2) is 4.79 Å². The Labute approximate surface area is 147 Å². The van der Waals surface area contributed by atoms with Gasteiger partial charge in [0.1, 0.15) is 0 Å². The number of hydrogen-bond donors (Lipinski definition) is 0. The van der Waals surface area contributed by atoms with Gasteiger partial charge in [0.15, 0.2) is 0 Å². The number of nitrogens with zero attached hydrogens (tertiary/aromatic N) is 3. The minimum atomic E-state index is -0.311. The molecular weight excluding hydrogens is 318 g/mol. The number of benzene rings is 1. The van der Waals surface area contributed by atoms with Crippen LogP contribution >= 0.6 is 0 Å². The van der Waals surface area contributed by atoms with E-state index in [1.165, 1.54) is 0 Å². The molecule has 0 bridgehead atoms. The molecule has 6 heteroatoms. The largest absolute Gasteiger partial charge is 0.450 e. The van der Waals surface area contributed by atoms with E-state index in [1.807, 2.05) is 38.1 Å². The van der Waals surface area contributed by atoms with Gasteiger partial charge in [-0.2, -0.15) is 0 Å². The molecule has 1 saturated heterocycles. The van der Waals surface area contributed by atoms with Gasteiger partial charge in [0.05, 0.1) is 23.4 Å². The Kier molecular flexibility index (Phi) is 4.88. The third kappa shape index (κ3) is 3.57. The van der Waals surface area contributed by atoms with Crippen molar-refractivity contribution >= 4 is 22.9 Å². The molecule has 3 rings (SSSR count). The minimum absolute atomic E-state index is 0.0306. The summed E-state index contributed by atoms with van der Waals surface area (Å²) in [4.78, 5) is 32.7. The number of pyridine rings is 1. The van der Waals surface area contributed by atoms with Crippen LogP contribution in [0.5, 0.6) is 0 Å². The molecule has 1 aromatic heterocycles. The fraction of sp³-hybridized carbons (Fsp3) is 0.421. The Morgan fingerprint density at radius 1 is 1.08 bits per heavy atom. The molecule has 1 aliphatic rings. The van der Waals surface area contributed by atoms with Crippen LogP contribution in [-0.4, -0.2) is 59.6 Å². The first-order valence-corrected chi connectivity index (χ1v) is 8.58. The number of amides is 2. The smallest absolute Gasteiger partial charge is 0.409 e. The lowest BCUT2D eigenvalue weighted by molar-refractivity contribution is 0.0569. The van der Waals surface area contributed by atoms with Gasteiger partial charge in [0.2, 0.25) is 0 Å². The van der Waals surface area contributed by atoms with Crippen molar-refractivity contribution in [3.05, 3.63) is 41.1 Å². The van der Waals surface area contributed by atoms with E-state index in [2.05, 4.69) is 4.98 Å². The summed E-state index contributed by atoms with van der Waals surface area (Å²) in [5.41, 5.74) is 3.39. The van der Waals surface area contributed by atoms with Gasteiger partial charge in [-0.05, 0) is 39.0 Å². The van der Waals surface area contributed by atoms with E-state index in [9.17, 15) is 9.59 Å². The summed E-state index contributed by atoms with van der Waals surface area (Å²) in [6.45, 7) is 8.02. The van der Waals surface area contributed by atoms with Crippen molar-refractivity contribution in [2.45, 2.75) is 20.8 Å². The maximum absolute atomic E-state index is 12.9. The van der Waals surface area contributed by atoms with Crippen molar-refractivity contribution in [2.24, 2.45) is 0 Å². The fourth-order valence-electron chi connectivity index (χ4n) is 3.09. The first-order valence-electron chi connectivity index (χ1n) is 8.58. The molecule has 0 unspecified atom stereocenters. The second-order valence-electron chi connectivity index (χ2n) is 6.30. The summed E-state index contributed by atoms with van der Waals surface area (Å²) in [5, 5.41) is 0.971. The highest BCUT2D eigenvalue weighted by Gasteiger charge is 2.26. The van der Waals surface area contributed by atoms with Gasteiger partial charge in [0, 0.05) is 31.6 Å². The van der Waals surface area contributed by atoms with Gasteiger partial charge >= 0.3 is 6.09 Å². The molecule has 0 aliphatic carbocycles. The highest BCUT2D eigenvalue weighted by Crippen LogP contribution is 2.20. The molecule has 2 aromatic rings. The SMILES string of the molecule is CCOC(=O)N1CCN(C(=O)c2cc3cc(C)ccc3nc2C)CC1. The van der Waals surface area contributed by atoms with Gasteiger partial charge in [-0.15, -0.1) is 0 Å². The lowest BCUT2D eigenvalue weighted by Gasteiger charge is -2.34. The molecular formula is C19H23N3O3. The summed E-state index contributed by atoms with van der Waals surface area (Å²) >= 11 is 0. The molecule has 132 valence electrons. The molecule has 6 nitrogen and oxygen atoms in total. The number of fused-ring (bicyclic) bond motifs is 1. The van der Waals surface area contributed by atoms with Crippen LogP contribution < -0.4 is 0 Å². The van der Waals surface area contributed by atoms with E-state index in [-0.39, 0.29) is 12.0 Å². The van der Waals surface area contributed by atoms with E-state index in [4.69, 9.17) is 4.74 Å². The summed E-state index contributed by atoms with van der Waals surface area (Å²) < 4.78 is 5.01. The molecule has 0 atom stereocenters. The van der Waals surface area contributed by atoms with Crippen molar-refractivity contribution in [3.8, 4) is 0 Å². The zero-order valence-electron chi connectivity index (χ0n) is 14.9. The maximum atomic E-state index is 12.9. The summed E-state index contributed by atoms with van der Waals surface area (Å²) in [6, 6.07) is 7.96. The third-order valence-corrected chi connectivity index (χ3v) is 4.48. The molecule has 25 heavy (non-hydrogen) atoms. The van der Waals surface area contributed by atoms with E-state index >= 15 is 0 Å². The van der Waals surface area contributed by atoms with Crippen LogP contribution in [0.2, 0.25) is 0 Å². The first kappa shape index (κ1) is 17.2. The molecule has 2 heterocycles. The van der Waals surface area contributed by atoms with Crippen LogP contribution in [0.1, 0.15) is 28.5 Å². The first-order chi connectivity index (χ1) is 12.0. The lowest BCUT2D eigenvalue weighted by atomic mass is 10.1. The fourth-order valence-corrected chi connectivity index (χ4v) is 3.09. The van der Waals surface area contributed by atoms with Crippen molar-refractivity contribution < 1.29 is 14.3 Å². The number of hydrogen-bond acceptors (Lipinski definition) is 4. The Bertz CT molecular complexity index is 811. The van der Waals surface area contributed by atoms with Crippen molar-refractivity contribution in [2.75, 3.05) is 32.8 Å². The molecule has 2 amide bonds. The van der Waals surface area contributed by atoms with Gasteiger partial charge in [-0.1, -0.05) is 11.6 Å².